The number of nitrogens with one attached hydrogen (secondary N) is 1. The third kappa shape index (κ3) is 3.66. The topological polar surface area (TPSA) is 59.1 Å². The zero-order valence-corrected chi connectivity index (χ0v) is 11.2. The predicted octanol–water partition coefficient (Wildman–Crippen LogP) is 2.28. The van der Waals surface area contributed by atoms with Gasteiger partial charge in [-0.15, -0.1) is 0 Å². The highest BCUT2D eigenvalue weighted by molar-refractivity contribution is 7.92. The Bertz CT molecular complexity index is 507. The first kappa shape index (κ1) is 13.9. The summed E-state index contributed by atoms with van der Waals surface area (Å²) < 4.78 is 38.5. The average Bonchev–Trinajstić information content (AvgIpc) is 2.15. The largest absolute Gasteiger partial charge is 0.267 e. The highest BCUT2D eigenvalue weighted by atomic mass is 32.2. The van der Waals surface area contributed by atoms with E-state index in [9.17, 15) is 12.8 Å². The van der Waals surface area contributed by atoms with Crippen LogP contribution in [0.3, 0.4) is 0 Å². The summed E-state index contributed by atoms with van der Waals surface area (Å²) >= 11 is 0. The fourth-order valence-corrected chi connectivity index (χ4v) is 1.86. The van der Waals surface area contributed by atoms with Gasteiger partial charge in [-0.25, -0.2) is 13.4 Å². The number of hydrogen-bond acceptors (Lipinski definition) is 3. The van der Waals surface area contributed by atoms with Crippen molar-refractivity contribution in [2.45, 2.75) is 33.1 Å². The maximum absolute atomic E-state index is 13.7. The average molecular weight is 260 g/mol. The minimum atomic E-state index is -3.42. The number of halogens is 1. The lowest BCUT2D eigenvalue weighted by Crippen LogP contribution is -2.18. The van der Waals surface area contributed by atoms with Crippen LogP contribution in [0, 0.1) is 5.95 Å². The molecule has 0 amide bonds. The van der Waals surface area contributed by atoms with Crippen molar-refractivity contribution in [2.75, 3.05) is 10.5 Å². The van der Waals surface area contributed by atoms with Crippen LogP contribution in [-0.4, -0.2) is 19.2 Å². The number of rotatable bonds is 3. The summed E-state index contributed by atoms with van der Waals surface area (Å²) in [4.78, 5) is 3.62. The van der Waals surface area contributed by atoms with Crippen LogP contribution in [0.1, 0.15) is 33.3 Å². The van der Waals surface area contributed by atoms with Crippen LogP contribution < -0.4 is 4.72 Å². The molecule has 96 valence electrons. The fourth-order valence-electron chi connectivity index (χ4n) is 1.28. The summed E-state index contributed by atoms with van der Waals surface area (Å²) in [7, 11) is -3.42. The molecule has 1 N–H and O–H groups in total. The van der Waals surface area contributed by atoms with E-state index < -0.39 is 16.0 Å². The van der Waals surface area contributed by atoms with Gasteiger partial charge in [0.2, 0.25) is 16.0 Å². The monoisotopic (exact) mass is 260 g/mol. The summed E-state index contributed by atoms with van der Waals surface area (Å²) in [6, 6.07) is 3.02. The smallest absolute Gasteiger partial charge is 0.233 e. The van der Waals surface area contributed by atoms with Crippen LogP contribution >= 0.6 is 0 Å². The van der Waals surface area contributed by atoms with E-state index in [2.05, 4.69) is 9.71 Å². The van der Waals surface area contributed by atoms with Crippen molar-refractivity contribution in [3.8, 4) is 0 Å². The summed E-state index contributed by atoms with van der Waals surface area (Å²) in [6.45, 7) is 7.09. The number of anilines is 1. The van der Waals surface area contributed by atoms with Gasteiger partial charge >= 0.3 is 0 Å². The van der Waals surface area contributed by atoms with Crippen LogP contribution in [0.2, 0.25) is 0 Å². The lowest BCUT2D eigenvalue weighted by Gasteiger charge is -2.19. The second-order valence-electron chi connectivity index (χ2n) is 4.79. The number of hydrogen-bond donors (Lipinski definition) is 1. The van der Waals surface area contributed by atoms with Crippen molar-refractivity contribution in [3.05, 3.63) is 23.6 Å². The highest BCUT2D eigenvalue weighted by Gasteiger charge is 2.20. The van der Waals surface area contributed by atoms with Crippen molar-refractivity contribution < 1.29 is 12.8 Å². The molecule has 0 saturated heterocycles. The molecule has 0 aliphatic rings. The summed E-state index contributed by atoms with van der Waals surface area (Å²) in [5, 5.41) is 0. The minimum Gasteiger partial charge on any atom is -0.267 e. The number of nitrogens with zero attached hydrogens (tertiary/aromatic N) is 1. The Morgan fingerprint density at radius 3 is 2.35 bits per heavy atom. The molecule has 1 aromatic heterocycles. The summed E-state index contributed by atoms with van der Waals surface area (Å²) in [6.07, 6.45) is 0. The molecule has 0 aromatic carbocycles. The van der Waals surface area contributed by atoms with Crippen molar-refractivity contribution in [1.29, 1.82) is 0 Å². The summed E-state index contributed by atoms with van der Waals surface area (Å²) in [5.41, 5.74) is 0.0936. The first-order valence-electron chi connectivity index (χ1n) is 5.33. The quantitative estimate of drug-likeness (QED) is 0.848. The van der Waals surface area contributed by atoms with E-state index in [0.717, 1.165) is 0 Å². The number of sulfonamides is 1. The number of aromatic nitrogens is 1. The lowest BCUT2D eigenvalue weighted by atomic mass is 9.88. The molecule has 1 aromatic rings. The second-order valence-corrected chi connectivity index (χ2v) is 6.80. The van der Waals surface area contributed by atoms with Gasteiger partial charge in [-0.3, -0.25) is 4.72 Å². The van der Waals surface area contributed by atoms with Gasteiger partial charge in [-0.05, 0) is 18.4 Å². The second kappa shape index (κ2) is 4.60. The third-order valence-corrected chi connectivity index (χ3v) is 3.58. The van der Waals surface area contributed by atoms with Gasteiger partial charge in [0.1, 0.15) is 5.82 Å². The van der Waals surface area contributed by atoms with E-state index >= 15 is 0 Å². The van der Waals surface area contributed by atoms with Crippen molar-refractivity contribution >= 4 is 15.8 Å². The molecule has 1 heterocycles. The van der Waals surface area contributed by atoms with Crippen LogP contribution in [0.4, 0.5) is 10.2 Å². The molecule has 0 bridgehead atoms. The van der Waals surface area contributed by atoms with Gasteiger partial charge in [0, 0.05) is 5.56 Å². The van der Waals surface area contributed by atoms with Crippen molar-refractivity contribution in [1.82, 2.24) is 4.98 Å². The Balaban J connectivity index is 3.06. The molecule has 0 atom stereocenters. The SMILES string of the molecule is CCS(=O)(=O)Nc1ccc(C(C)(C)C)c(F)n1. The molecular weight excluding hydrogens is 243 g/mol. The Labute approximate surface area is 101 Å². The van der Waals surface area contributed by atoms with E-state index in [1.807, 2.05) is 20.8 Å². The van der Waals surface area contributed by atoms with Gasteiger partial charge < -0.3 is 0 Å². The van der Waals surface area contributed by atoms with Gasteiger partial charge in [0.25, 0.3) is 0 Å². The van der Waals surface area contributed by atoms with Gasteiger partial charge in [-0.2, -0.15) is 4.39 Å². The van der Waals surface area contributed by atoms with E-state index in [1.165, 1.54) is 13.0 Å². The zero-order chi connectivity index (χ0) is 13.3. The minimum absolute atomic E-state index is 0.0114. The molecule has 17 heavy (non-hydrogen) atoms. The molecule has 0 unspecified atom stereocenters. The maximum Gasteiger partial charge on any atom is 0.233 e. The molecule has 6 heteroatoms. The molecule has 0 spiro atoms. The van der Waals surface area contributed by atoms with Crippen LogP contribution in [0.5, 0.6) is 0 Å². The lowest BCUT2D eigenvalue weighted by molar-refractivity contribution is 0.500. The number of pyridine rings is 1. The molecule has 1 rings (SSSR count). The van der Waals surface area contributed by atoms with Crippen molar-refractivity contribution in [2.24, 2.45) is 0 Å². The van der Waals surface area contributed by atoms with Crippen LogP contribution in [0.25, 0.3) is 0 Å². The fraction of sp³-hybridized carbons (Fsp3) is 0.545. The molecule has 0 saturated carbocycles. The van der Waals surface area contributed by atoms with Crippen LogP contribution in [-0.2, 0) is 15.4 Å². The van der Waals surface area contributed by atoms with Crippen LogP contribution in [0.15, 0.2) is 12.1 Å². The Morgan fingerprint density at radius 2 is 1.94 bits per heavy atom. The molecule has 0 fully saturated rings. The van der Waals surface area contributed by atoms with Gasteiger partial charge in [0.15, 0.2) is 0 Å². The van der Waals surface area contributed by atoms with E-state index in [-0.39, 0.29) is 17.0 Å². The summed E-state index contributed by atoms with van der Waals surface area (Å²) in [5.74, 6) is -0.705. The van der Waals surface area contributed by atoms with E-state index in [1.54, 1.807) is 6.07 Å². The maximum atomic E-state index is 13.7. The Kier molecular flexibility index (Phi) is 3.76. The Hall–Kier alpha value is -1.17. The van der Waals surface area contributed by atoms with E-state index in [4.69, 9.17) is 0 Å². The first-order valence-corrected chi connectivity index (χ1v) is 6.98. The molecule has 4 nitrogen and oxygen atoms in total. The molecular formula is C11H17FN2O2S. The molecule has 0 aliphatic carbocycles. The third-order valence-electron chi connectivity index (χ3n) is 2.30. The molecule has 0 aliphatic heterocycles. The van der Waals surface area contributed by atoms with E-state index in [0.29, 0.717) is 5.56 Å². The molecule has 0 radical (unpaired) electrons. The highest BCUT2D eigenvalue weighted by Crippen LogP contribution is 2.25. The zero-order valence-electron chi connectivity index (χ0n) is 10.4. The predicted molar refractivity (Wildman–Crippen MR) is 66.0 cm³/mol. The first-order chi connectivity index (χ1) is 7.65. The normalized spacial score (nSPS) is 12.5. The van der Waals surface area contributed by atoms with Gasteiger partial charge in [-0.1, -0.05) is 26.8 Å². The standard InChI is InChI=1S/C11H17FN2O2S/c1-5-17(15,16)14-9-7-6-8(10(12)13-9)11(2,3)4/h6-7H,5H2,1-4H3,(H,13,14). The van der Waals surface area contributed by atoms with Crippen molar-refractivity contribution in [3.63, 3.8) is 0 Å². The Morgan fingerprint density at radius 1 is 1.35 bits per heavy atom. The van der Waals surface area contributed by atoms with Gasteiger partial charge in [0.05, 0.1) is 5.75 Å².